The van der Waals surface area contributed by atoms with Crippen molar-refractivity contribution in [3.63, 3.8) is 0 Å². The lowest BCUT2D eigenvalue weighted by Gasteiger charge is -2.25. The smallest absolute Gasteiger partial charge is 0.146 e. The Bertz CT molecular complexity index is 854. The topological polar surface area (TPSA) is 45.7 Å². The second-order valence-corrected chi connectivity index (χ2v) is 7.35. The summed E-state index contributed by atoms with van der Waals surface area (Å²) in [6.45, 7) is 11.2. The monoisotopic (exact) mass is 405 g/mol. The summed E-state index contributed by atoms with van der Waals surface area (Å²) in [5, 5.41) is 6.75. The van der Waals surface area contributed by atoms with Gasteiger partial charge in [0.25, 0.3) is 0 Å². The van der Waals surface area contributed by atoms with Crippen LogP contribution in [0.25, 0.3) is 5.70 Å². The number of nitrogens with zero attached hydrogens (tertiary/aromatic N) is 1. The molecule has 2 aromatic rings. The average Bonchev–Trinajstić information content (AvgIpc) is 2.76. The highest BCUT2D eigenvalue weighted by atomic mass is 16.5. The van der Waals surface area contributed by atoms with E-state index in [0.29, 0.717) is 6.61 Å². The van der Waals surface area contributed by atoms with Gasteiger partial charge in [-0.1, -0.05) is 94.3 Å². The number of hydrogen-bond acceptors (Lipinski definition) is 4. The maximum absolute atomic E-state index is 5.29. The van der Waals surface area contributed by atoms with E-state index in [1.54, 1.807) is 7.11 Å². The molecule has 0 radical (unpaired) electrons. The summed E-state index contributed by atoms with van der Waals surface area (Å²) in [7, 11) is 1.69. The zero-order valence-corrected chi connectivity index (χ0v) is 18.7. The summed E-state index contributed by atoms with van der Waals surface area (Å²) >= 11 is 0. The van der Waals surface area contributed by atoms with Crippen molar-refractivity contribution in [1.29, 1.82) is 0 Å². The van der Waals surface area contributed by atoms with Crippen LogP contribution in [-0.2, 0) is 4.74 Å². The van der Waals surface area contributed by atoms with Gasteiger partial charge in [-0.3, -0.25) is 0 Å². The van der Waals surface area contributed by atoms with Gasteiger partial charge in [0.05, 0.1) is 6.61 Å². The molecule has 1 aliphatic rings. The molecule has 0 aliphatic carbocycles. The number of hydrogen-bond donors (Lipinski definition) is 2. The molecule has 1 unspecified atom stereocenters. The molecule has 0 bridgehead atoms. The van der Waals surface area contributed by atoms with Gasteiger partial charge in [-0.05, 0) is 18.1 Å². The Labute approximate surface area is 181 Å². The molecule has 0 fully saturated rings. The molecular weight excluding hydrogens is 370 g/mol. The van der Waals surface area contributed by atoms with E-state index >= 15 is 0 Å². The van der Waals surface area contributed by atoms with Crippen LogP contribution in [0.2, 0.25) is 0 Å². The van der Waals surface area contributed by atoms with Gasteiger partial charge in [-0.2, -0.15) is 0 Å². The first-order valence-corrected chi connectivity index (χ1v) is 10.7. The first-order valence-electron chi connectivity index (χ1n) is 10.7. The average molecular weight is 406 g/mol. The highest BCUT2D eigenvalue weighted by molar-refractivity contribution is 5.99. The number of benzene rings is 2. The van der Waals surface area contributed by atoms with Crippen LogP contribution in [0, 0.1) is 6.92 Å². The molecule has 30 heavy (non-hydrogen) atoms. The largest absolute Gasteiger partial charge is 0.378 e. The van der Waals surface area contributed by atoms with Crippen LogP contribution in [0.15, 0.2) is 77.9 Å². The van der Waals surface area contributed by atoms with Crippen molar-refractivity contribution < 1.29 is 4.74 Å². The quantitative estimate of drug-likeness (QED) is 0.595. The van der Waals surface area contributed by atoms with E-state index in [9.17, 15) is 0 Å². The predicted octanol–water partition coefficient (Wildman–Crippen LogP) is 5.98. The Kier molecular flexibility index (Phi) is 9.88. The number of ether oxygens (including phenoxy) is 1. The van der Waals surface area contributed by atoms with Gasteiger partial charge in [-0.25, -0.2) is 4.99 Å². The summed E-state index contributed by atoms with van der Waals surface area (Å²) in [5.41, 5.74) is 5.17. The van der Waals surface area contributed by atoms with Crippen LogP contribution in [0.4, 0.5) is 0 Å². The fraction of sp³-hybridized carbons (Fsp3) is 0.346. The van der Waals surface area contributed by atoms with Gasteiger partial charge in [0.15, 0.2) is 0 Å². The van der Waals surface area contributed by atoms with Gasteiger partial charge in [0.1, 0.15) is 12.0 Å². The van der Waals surface area contributed by atoms with Crippen LogP contribution in [0.3, 0.4) is 0 Å². The maximum Gasteiger partial charge on any atom is 0.146 e. The molecule has 2 aromatic carbocycles. The van der Waals surface area contributed by atoms with Gasteiger partial charge >= 0.3 is 0 Å². The lowest BCUT2D eigenvalue weighted by Crippen LogP contribution is -2.32. The SMILES string of the molecule is C=C(NC1=NC(c2ccccc2)NC(COC)=C1)c1ccccc1C.CCCCC. The van der Waals surface area contributed by atoms with Gasteiger partial charge < -0.3 is 15.4 Å². The second kappa shape index (κ2) is 12.7. The van der Waals surface area contributed by atoms with E-state index in [2.05, 4.69) is 62.2 Å². The zero-order chi connectivity index (χ0) is 21.8. The number of unbranched alkanes of at least 4 members (excludes halogenated alkanes) is 2. The summed E-state index contributed by atoms with van der Waals surface area (Å²) in [4.78, 5) is 4.78. The molecule has 1 atom stereocenters. The van der Waals surface area contributed by atoms with E-state index in [1.165, 1.54) is 24.8 Å². The third-order valence-corrected chi connectivity index (χ3v) is 4.77. The Hall–Kier alpha value is -2.85. The Balaban J connectivity index is 0.000000575. The minimum absolute atomic E-state index is 0.150. The van der Waals surface area contributed by atoms with Crippen molar-refractivity contribution in [3.8, 4) is 0 Å². The molecule has 0 amide bonds. The third-order valence-electron chi connectivity index (χ3n) is 4.77. The van der Waals surface area contributed by atoms with E-state index in [4.69, 9.17) is 9.73 Å². The molecule has 0 saturated carbocycles. The molecule has 1 aliphatic heterocycles. The highest BCUT2D eigenvalue weighted by Crippen LogP contribution is 2.21. The third kappa shape index (κ3) is 7.20. The van der Waals surface area contributed by atoms with Crippen LogP contribution in [0.1, 0.15) is 56.0 Å². The lowest BCUT2D eigenvalue weighted by molar-refractivity contribution is 0.217. The van der Waals surface area contributed by atoms with E-state index < -0.39 is 0 Å². The zero-order valence-electron chi connectivity index (χ0n) is 18.7. The number of methoxy groups -OCH3 is 1. The summed E-state index contributed by atoms with van der Waals surface area (Å²) in [6.07, 6.45) is 5.89. The molecule has 0 aromatic heterocycles. The Morgan fingerprint density at radius 1 is 1.07 bits per heavy atom. The first-order chi connectivity index (χ1) is 14.6. The van der Waals surface area contributed by atoms with Crippen molar-refractivity contribution in [3.05, 3.63) is 89.6 Å². The van der Waals surface area contributed by atoms with Crippen molar-refractivity contribution in [2.75, 3.05) is 13.7 Å². The van der Waals surface area contributed by atoms with Crippen LogP contribution < -0.4 is 10.6 Å². The standard InChI is InChI=1S/C21H23N3O.C5H12/c1-15-9-7-8-12-19(15)16(2)22-20-13-18(14-25-3)23-21(24-20)17-10-5-4-6-11-17;1-3-5-4-2/h4-13,21,23H,2,14H2,1,3H3,(H,22,24);3-5H2,1-2H3. The molecule has 4 heteroatoms. The fourth-order valence-electron chi connectivity index (χ4n) is 3.18. The Morgan fingerprint density at radius 3 is 2.33 bits per heavy atom. The van der Waals surface area contributed by atoms with E-state index in [1.807, 2.05) is 36.4 Å². The number of aliphatic imine (C=N–C) groups is 1. The maximum atomic E-state index is 5.29. The Morgan fingerprint density at radius 2 is 1.73 bits per heavy atom. The summed E-state index contributed by atoms with van der Waals surface area (Å²) in [6, 6.07) is 18.3. The van der Waals surface area contributed by atoms with Crippen molar-refractivity contribution in [2.24, 2.45) is 4.99 Å². The molecule has 160 valence electrons. The predicted molar refractivity (Wildman–Crippen MR) is 128 cm³/mol. The molecule has 4 nitrogen and oxygen atoms in total. The van der Waals surface area contributed by atoms with Crippen LogP contribution >= 0.6 is 0 Å². The molecular formula is C26H35N3O. The fourth-order valence-corrected chi connectivity index (χ4v) is 3.18. The molecule has 0 spiro atoms. The van der Waals surface area contributed by atoms with Gasteiger partial charge in [0, 0.05) is 30.1 Å². The highest BCUT2D eigenvalue weighted by Gasteiger charge is 2.18. The van der Waals surface area contributed by atoms with E-state index in [-0.39, 0.29) is 6.17 Å². The van der Waals surface area contributed by atoms with Crippen molar-refractivity contribution >= 4 is 11.5 Å². The minimum atomic E-state index is -0.150. The van der Waals surface area contributed by atoms with Gasteiger partial charge in [0.2, 0.25) is 0 Å². The summed E-state index contributed by atoms with van der Waals surface area (Å²) < 4.78 is 5.29. The summed E-state index contributed by atoms with van der Waals surface area (Å²) in [5.74, 6) is 0.771. The lowest BCUT2D eigenvalue weighted by atomic mass is 10.1. The number of aryl methyl sites for hydroxylation is 1. The molecule has 0 saturated heterocycles. The molecule has 1 heterocycles. The minimum Gasteiger partial charge on any atom is -0.378 e. The van der Waals surface area contributed by atoms with Crippen molar-refractivity contribution in [1.82, 2.24) is 10.6 Å². The van der Waals surface area contributed by atoms with Crippen molar-refractivity contribution in [2.45, 2.75) is 46.2 Å². The number of amidine groups is 1. The van der Waals surface area contributed by atoms with Crippen LogP contribution in [-0.4, -0.2) is 19.6 Å². The van der Waals surface area contributed by atoms with Gasteiger partial charge in [-0.15, -0.1) is 0 Å². The van der Waals surface area contributed by atoms with Crippen LogP contribution in [0.5, 0.6) is 0 Å². The number of nitrogens with one attached hydrogen (secondary N) is 2. The number of rotatable bonds is 7. The molecule has 3 rings (SSSR count). The first kappa shape index (κ1) is 23.4. The molecule has 2 N–H and O–H groups in total. The normalized spacial score (nSPS) is 15.1. The van der Waals surface area contributed by atoms with E-state index in [0.717, 1.165) is 28.4 Å². The second-order valence-electron chi connectivity index (χ2n) is 7.35.